The molecule has 0 aromatic heterocycles. The van der Waals surface area contributed by atoms with Crippen LogP contribution in [0.15, 0.2) is 66.7 Å². The van der Waals surface area contributed by atoms with Crippen LogP contribution in [0, 0.1) is 17.1 Å². The number of fused-ring (bicyclic) bond motifs is 3. The second-order valence-corrected chi connectivity index (χ2v) is 6.55. The van der Waals surface area contributed by atoms with Gasteiger partial charge in [-0.3, -0.25) is 0 Å². The second kappa shape index (κ2) is 7.13. The Bertz CT molecular complexity index is 1270. The number of nitriles is 1. The largest absolute Gasteiger partial charge is 0.423 e. The molecule has 0 unspecified atom stereocenters. The summed E-state index contributed by atoms with van der Waals surface area (Å²) >= 11 is 0. The smallest absolute Gasteiger partial charge is 0.343 e. The summed E-state index contributed by atoms with van der Waals surface area (Å²) < 4.78 is 19.0. The first kappa shape index (κ1) is 17.7. The molecule has 0 heterocycles. The quantitative estimate of drug-likeness (QED) is 0.261. The van der Waals surface area contributed by atoms with Gasteiger partial charge in [-0.05, 0) is 57.8 Å². The molecule has 0 saturated heterocycles. The molecule has 3 nitrogen and oxygen atoms in total. The second-order valence-electron chi connectivity index (χ2n) is 6.55. The maximum Gasteiger partial charge on any atom is 0.343 e. The van der Waals surface area contributed by atoms with Gasteiger partial charge in [-0.25, -0.2) is 9.18 Å². The third kappa shape index (κ3) is 3.19. The van der Waals surface area contributed by atoms with Crippen LogP contribution in [0.25, 0.3) is 21.5 Å². The molecule has 0 amide bonds. The van der Waals surface area contributed by atoms with Crippen LogP contribution in [0.5, 0.6) is 5.75 Å². The first-order valence-corrected chi connectivity index (χ1v) is 8.96. The highest BCUT2D eigenvalue weighted by atomic mass is 19.1. The monoisotopic (exact) mass is 369 g/mol. The summed E-state index contributed by atoms with van der Waals surface area (Å²) in [5.74, 6) is -1.23. The van der Waals surface area contributed by atoms with Crippen LogP contribution in [-0.4, -0.2) is 5.97 Å². The van der Waals surface area contributed by atoms with Crippen molar-refractivity contribution in [3.63, 3.8) is 0 Å². The summed E-state index contributed by atoms with van der Waals surface area (Å²) in [5, 5.41) is 13.1. The van der Waals surface area contributed by atoms with Gasteiger partial charge in [0.2, 0.25) is 0 Å². The lowest BCUT2D eigenvalue weighted by atomic mass is 9.98. The third-order valence-corrected chi connectivity index (χ3v) is 4.82. The Labute approximate surface area is 161 Å². The average Bonchev–Trinajstić information content (AvgIpc) is 2.72. The molecular formula is C24H16FNO2. The number of ether oxygens (including phenoxy) is 1. The van der Waals surface area contributed by atoms with Crippen molar-refractivity contribution in [1.29, 1.82) is 5.26 Å². The van der Waals surface area contributed by atoms with Crippen molar-refractivity contribution in [2.24, 2.45) is 0 Å². The molecule has 0 bridgehead atoms. The molecule has 28 heavy (non-hydrogen) atoms. The van der Waals surface area contributed by atoms with E-state index in [0.29, 0.717) is 5.56 Å². The van der Waals surface area contributed by atoms with Crippen molar-refractivity contribution in [3.05, 3.63) is 89.2 Å². The van der Waals surface area contributed by atoms with Gasteiger partial charge < -0.3 is 4.74 Å². The van der Waals surface area contributed by atoms with Crippen molar-refractivity contribution in [2.45, 2.75) is 13.3 Å². The molecular weight excluding hydrogens is 353 g/mol. The minimum atomic E-state index is -0.718. The van der Waals surface area contributed by atoms with E-state index in [2.05, 4.69) is 25.1 Å². The van der Waals surface area contributed by atoms with E-state index in [1.54, 1.807) is 18.2 Å². The highest BCUT2D eigenvalue weighted by Crippen LogP contribution is 2.28. The molecule has 4 heteroatoms. The van der Waals surface area contributed by atoms with Gasteiger partial charge in [0, 0.05) is 6.07 Å². The number of esters is 1. The van der Waals surface area contributed by atoms with Gasteiger partial charge in [0.25, 0.3) is 0 Å². The first-order chi connectivity index (χ1) is 13.6. The van der Waals surface area contributed by atoms with E-state index >= 15 is 0 Å². The maximum atomic E-state index is 13.7. The van der Waals surface area contributed by atoms with Crippen molar-refractivity contribution in [3.8, 4) is 11.8 Å². The summed E-state index contributed by atoms with van der Waals surface area (Å²) in [6, 6.07) is 21.3. The number of hydrogen-bond donors (Lipinski definition) is 0. The Kier molecular flexibility index (Phi) is 4.50. The summed E-state index contributed by atoms with van der Waals surface area (Å²) in [6.45, 7) is 2.12. The Morgan fingerprint density at radius 1 is 0.964 bits per heavy atom. The molecule has 0 saturated carbocycles. The molecule has 0 radical (unpaired) electrons. The van der Waals surface area contributed by atoms with Crippen LogP contribution in [0.1, 0.15) is 28.4 Å². The highest BCUT2D eigenvalue weighted by Gasteiger charge is 2.12. The molecule has 4 rings (SSSR count). The van der Waals surface area contributed by atoms with Crippen molar-refractivity contribution in [1.82, 2.24) is 0 Å². The zero-order valence-electron chi connectivity index (χ0n) is 15.2. The lowest BCUT2D eigenvalue weighted by Crippen LogP contribution is -2.08. The lowest BCUT2D eigenvalue weighted by Gasteiger charge is -2.09. The van der Waals surface area contributed by atoms with Crippen molar-refractivity contribution >= 4 is 27.5 Å². The Balaban J connectivity index is 1.67. The van der Waals surface area contributed by atoms with Crippen LogP contribution >= 0.6 is 0 Å². The molecule has 136 valence electrons. The van der Waals surface area contributed by atoms with Crippen LogP contribution in [0.4, 0.5) is 4.39 Å². The molecule has 4 aromatic rings. The summed E-state index contributed by atoms with van der Waals surface area (Å²) in [4.78, 5) is 12.5. The van der Waals surface area contributed by atoms with Gasteiger partial charge in [0.15, 0.2) is 0 Å². The molecule has 0 aliphatic carbocycles. The van der Waals surface area contributed by atoms with E-state index in [4.69, 9.17) is 10.00 Å². The maximum absolute atomic E-state index is 13.7. The van der Waals surface area contributed by atoms with Gasteiger partial charge in [-0.2, -0.15) is 5.26 Å². The third-order valence-electron chi connectivity index (χ3n) is 4.82. The van der Waals surface area contributed by atoms with E-state index in [1.165, 1.54) is 17.7 Å². The van der Waals surface area contributed by atoms with E-state index in [1.807, 2.05) is 18.2 Å². The lowest BCUT2D eigenvalue weighted by molar-refractivity contribution is 0.0734. The van der Waals surface area contributed by atoms with E-state index < -0.39 is 11.8 Å². The van der Waals surface area contributed by atoms with E-state index in [9.17, 15) is 9.18 Å². The SMILES string of the molecule is CCc1ccc2c(ccc3cc(C(=O)Oc4ccc(C#N)c(F)c4)ccc32)c1. The molecule has 0 spiro atoms. The first-order valence-electron chi connectivity index (χ1n) is 8.96. The van der Waals surface area contributed by atoms with Gasteiger partial charge in [0.05, 0.1) is 11.1 Å². The van der Waals surface area contributed by atoms with Crippen LogP contribution < -0.4 is 4.74 Å². The number of benzene rings is 4. The standard InChI is InChI=1S/C24H16FNO2/c1-2-15-3-9-21-16(11-15)4-5-17-12-18(7-10-22(17)21)24(27)28-20-8-6-19(14-26)23(25)13-20/h3-13H,2H2,1H3. The van der Waals surface area contributed by atoms with E-state index in [-0.39, 0.29) is 11.3 Å². The molecule has 4 aromatic carbocycles. The Hall–Kier alpha value is -3.71. The number of rotatable bonds is 3. The molecule has 0 aliphatic heterocycles. The molecule has 0 aliphatic rings. The number of carbonyl (C=O) groups is 1. The number of hydrogen-bond acceptors (Lipinski definition) is 3. The Morgan fingerprint density at radius 3 is 2.36 bits per heavy atom. The fraction of sp³-hybridized carbons (Fsp3) is 0.0833. The molecule has 0 fully saturated rings. The fourth-order valence-corrected chi connectivity index (χ4v) is 3.28. The topological polar surface area (TPSA) is 50.1 Å². The molecule has 0 atom stereocenters. The Morgan fingerprint density at radius 2 is 1.68 bits per heavy atom. The average molecular weight is 369 g/mol. The number of nitrogens with zero attached hydrogens (tertiary/aromatic N) is 1. The van der Waals surface area contributed by atoms with E-state index in [0.717, 1.165) is 34.0 Å². The summed E-state index contributed by atoms with van der Waals surface area (Å²) in [6.07, 6.45) is 0.981. The van der Waals surface area contributed by atoms with Gasteiger partial charge >= 0.3 is 5.97 Å². The summed E-state index contributed by atoms with van der Waals surface area (Å²) in [5.41, 5.74) is 1.56. The minimum Gasteiger partial charge on any atom is -0.423 e. The number of halogens is 1. The predicted molar refractivity (Wildman–Crippen MR) is 107 cm³/mol. The minimum absolute atomic E-state index is 0.0622. The molecule has 0 N–H and O–H groups in total. The van der Waals surface area contributed by atoms with Crippen LogP contribution in [-0.2, 0) is 6.42 Å². The van der Waals surface area contributed by atoms with Crippen molar-refractivity contribution < 1.29 is 13.9 Å². The summed E-state index contributed by atoms with van der Waals surface area (Å²) in [7, 11) is 0. The zero-order valence-corrected chi connectivity index (χ0v) is 15.2. The number of carbonyl (C=O) groups excluding carboxylic acids is 1. The normalized spacial score (nSPS) is 10.8. The fourth-order valence-electron chi connectivity index (χ4n) is 3.28. The highest BCUT2D eigenvalue weighted by molar-refractivity contribution is 6.09. The van der Waals surface area contributed by atoms with Gasteiger partial charge in [0.1, 0.15) is 17.6 Å². The van der Waals surface area contributed by atoms with Gasteiger partial charge in [-0.1, -0.05) is 43.3 Å². The predicted octanol–water partition coefficient (Wildman–Crippen LogP) is 5.79. The van der Waals surface area contributed by atoms with Gasteiger partial charge in [-0.15, -0.1) is 0 Å². The van der Waals surface area contributed by atoms with Crippen molar-refractivity contribution in [2.75, 3.05) is 0 Å². The van der Waals surface area contributed by atoms with Crippen LogP contribution in [0.2, 0.25) is 0 Å². The number of aryl methyl sites for hydroxylation is 1. The van der Waals surface area contributed by atoms with Crippen LogP contribution in [0.3, 0.4) is 0 Å². The zero-order chi connectivity index (χ0) is 19.7.